The molecule has 1 fully saturated rings. The molecule has 1 N–H and O–H groups in total. The van der Waals surface area contributed by atoms with Gasteiger partial charge in [-0.3, -0.25) is 4.98 Å². The summed E-state index contributed by atoms with van der Waals surface area (Å²) in [6.45, 7) is 4.64. The number of ether oxygens (including phenoxy) is 1. The first-order chi connectivity index (χ1) is 8.16. The van der Waals surface area contributed by atoms with E-state index in [9.17, 15) is 5.11 Å². The normalized spacial score (nSPS) is 29.0. The second kappa shape index (κ2) is 5.27. The lowest BCUT2D eigenvalue weighted by atomic mass is 9.87. The van der Waals surface area contributed by atoms with Crippen LogP contribution in [0.5, 0.6) is 5.75 Å². The summed E-state index contributed by atoms with van der Waals surface area (Å²) in [4.78, 5) is 4.16. The number of aromatic nitrogens is 1. The Hall–Kier alpha value is -0.740. The molecule has 0 radical (unpaired) electrons. The van der Waals surface area contributed by atoms with Crippen molar-refractivity contribution >= 4 is 11.8 Å². The maximum absolute atomic E-state index is 10.8. The van der Waals surface area contributed by atoms with Crippen LogP contribution in [0, 0.1) is 0 Å². The van der Waals surface area contributed by atoms with E-state index in [4.69, 9.17) is 4.74 Å². The van der Waals surface area contributed by atoms with Crippen LogP contribution >= 0.6 is 11.8 Å². The van der Waals surface area contributed by atoms with Crippen LogP contribution in [0.1, 0.15) is 32.3 Å². The van der Waals surface area contributed by atoms with Gasteiger partial charge in [-0.05, 0) is 31.6 Å². The van der Waals surface area contributed by atoms with E-state index in [0.29, 0.717) is 6.61 Å². The highest BCUT2D eigenvalue weighted by molar-refractivity contribution is 8.00. The largest absolute Gasteiger partial charge is 0.492 e. The number of aliphatic hydroxyl groups is 1. The average molecular weight is 253 g/mol. The molecule has 1 aliphatic rings. The molecule has 2 heterocycles. The van der Waals surface area contributed by atoms with Gasteiger partial charge in [0, 0.05) is 17.0 Å². The first-order valence-electron chi connectivity index (χ1n) is 6.09. The van der Waals surface area contributed by atoms with Gasteiger partial charge >= 0.3 is 0 Å². The van der Waals surface area contributed by atoms with Gasteiger partial charge in [0.1, 0.15) is 11.4 Å². The van der Waals surface area contributed by atoms with E-state index >= 15 is 0 Å². The molecule has 1 saturated heterocycles. The molecule has 1 aliphatic heterocycles. The van der Waals surface area contributed by atoms with Gasteiger partial charge in [-0.1, -0.05) is 6.92 Å². The number of hydrogen-bond acceptors (Lipinski definition) is 4. The van der Waals surface area contributed by atoms with Gasteiger partial charge < -0.3 is 9.84 Å². The molecule has 1 aromatic rings. The van der Waals surface area contributed by atoms with Gasteiger partial charge in [0.2, 0.25) is 0 Å². The predicted molar refractivity (Wildman–Crippen MR) is 70.5 cm³/mol. The second-order valence-corrected chi connectivity index (χ2v) is 5.83. The van der Waals surface area contributed by atoms with Crippen molar-refractivity contribution in [2.24, 2.45) is 0 Å². The number of thioether (sulfide) groups is 1. The Balaban J connectivity index is 2.28. The highest BCUT2D eigenvalue weighted by atomic mass is 32.2. The smallest absolute Gasteiger partial charge is 0.137 e. The molecule has 1 aromatic heterocycles. The lowest BCUT2D eigenvalue weighted by Crippen LogP contribution is -2.38. The predicted octanol–water partition coefficient (Wildman–Crippen LogP) is 2.58. The Bertz CT molecular complexity index is 385. The van der Waals surface area contributed by atoms with Crippen molar-refractivity contribution in [3.8, 4) is 5.75 Å². The van der Waals surface area contributed by atoms with E-state index in [0.717, 1.165) is 29.9 Å². The summed E-state index contributed by atoms with van der Waals surface area (Å²) in [5.74, 6) is 1.86. The monoisotopic (exact) mass is 253 g/mol. The summed E-state index contributed by atoms with van der Waals surface area (Å²) in [7, 11) is 0. The molecule has 4 heteroatoms. The van der Waals surface area contributed by atoms with Gasteiger partial charge in [-0.2, -0.15) is 11.8 Å². The number of hydrogen-bond donors (Lipinski definition) is 1. The standard InChI is InChI=1S/C13H19NO2S/c1-3-16-12-7-11(8-14-9-12)13(15)5-4-6-17-10(13)2/h7-10,15H,3-6H2,1-2H3. The van der Waals surface area contributed by atoms with Crippen molar-refractivity contribution in [1.82, 2.24) is 4.98 Å². The Morgan fingerprint density at radius 3 is 3.12 bits per heavy atom. The van der Waals surface area contributed by atoms with Gasteiger partial charge in [0.25, 0.3) is 0 Å². The summed E-state index contributed by atoms with van der Waals surface area (Å²) >= 11 is 1.82. The van der Waals surface area contributed by atoms with Gasteiger partial charge in [0.15, 0.2) is 0 Å². The van der Waals surface area contributed by atoms with Crippen molar-refractivity contribution in [1.29, 1.82) is 0 Å². The third kappa shape index (κ3) is 2.58. The van der Waals surface area contributed by atoms with Crippen LogP contribution in [-0.4, -0.2) is 27.7 Å². The van der Waals surface area contributed by atoms with Crippen LogP contribution in [0.2, 0.25) is 0 Å². The fourth-order valence-corrected chi connectivity index (χ4v) is 3.42. The summed E-state index contributed by atoms with van der Waals surface area (Å²) < 4.78 is 5.44. The zero-order chi connectivity index (χ0) is 12.3. The highest BCUT2D eigenvalue weighted by Crippen LogP contribution is 2.41. The molecular weight excluding hydrogens is 234 g/mol. The molecule has 0 saturated carbocycles. The molecule has 3 nitrogen and oxygen atoms in total. The van der Waals surface area contributed by atoms with Crippen LogP contribution in [0.3, 0.4) is 0 Å². The quantitative estimate of drug-likeness (QED) is 0.899. The third-order valence-corrected chi connectivity index (χ3v) is 4.68. The lowest BCUT2D eigenvalue weighted by molar-refractivity contribution is 0.0248. The summed E-state index contributed by atoms with van der Waals surface area (Å²) in [5, 5.41) is 11.0. The van der Waals surface area contributed by atoms with Crippen molar-refractivity contribution < 1.29 is 9.84 Å². The molecule has 0 bridgehead atoms. The first-order valence-corrected chi connectivity index (χ1v) is 7.14. The van der Waals surface area contributed by atoms with Crippen molar-refractivity contribution in [2.75, 3.05) is 12.4 Å². The van der Waals surface area contributed by atoms with Gasteiger partial charge in [0.05, 0.1) is 12.8 Å². The number of pyridine rings is 1. The zero-order valence-electron chi connectivity index (χ0n) is 10.3. The van der Waals surface area contributed by atoms with Gasteiger partial charge in [-0.15, -0.1) is 0 Å². The maximum Gasteiger partial charge on any atom is 0.137 e. The molecule has 2 atom stereocenters. The molecule has 17 heavy (non-hydrogen) atoms. The topological polar surface area (TPSA) is 42.4 Å². The minimum absolute atomic E-state index is 0.204. The molecule has 94 valence electrons. The zero-order valence-corrected chi connectivity index (χ0v) is 11.2. The van der Waals surface area contributed by atoms with Crippen molar-refractivity contribution in [3.05, 3.63) is 24.0 Å². The molecule has 2 unspecified atom stereocenters. The molecule has 0 aromatic carbocycles. The number of nitrogens with zero attached hydrogens (tertiary/aromatic N) is 1. The van der Waals surface area contributed by atoms with Crippen LogP contribution in [0.15, 0.2) is 18.5 Å². The van der Waals surface area contributed by atoms with Crippen LogP contribution < -0.4 is 4.74 Å². The van der Waals surface area contributed by atoms with E-state index in [1.165, 1.54) is 0 Å². The first kappa shape index (κ1) is 12.7. The SMILES string of the molecule is CCOc1cncc(C2(O)CCCSC2C)c1. The Morgan fingerprint density at radius 1 is 1.59 bits per heavy atom. The third-order valence-electron chi connectivity index (χ3n) is 3.27. The van der Waals surface area contributed by atoms with Gasteiger partial charge in [-0.25, -0.2) is 0 Å². The molecule has 0 amide bonds. The van der Waals surface area contributed by atoms with Crippen molar-refractivity contribution in [2.45, 2.75) is 37.5 Å². The van der Waals surface area contributed by atoms with E-state index in [2.05, 4.69) is 11.9 Å². The molecule has 0 aliphatic carbocycles. The molecular formula is C13H19NO2S. The highest BCUT2D eigenvalue weighted by Gasteiger charge is 2.38. The summed E-state index contributed by atoms with van der Waals surface area (Å²) in [6.07, 6.45) is 5.30. The van der Waals surface area contributed by atoms with E-state index < -0.39 is 5.60 Å². The Morgan fingerprint density at radius 2 is 2.41 bits per heavy atom. The Kier molecular flexibility index (Phi) is 3.94. The molecule has 0 spiro atoms. The number of rotatable bonds is 3. The fourth-order valence-electron chi connectivity index (χ4n) is 2.22. The summed E-state index contributed by atoms with van der Waals surface area (Å²) in [6, 6.07) is 1.92. The van der Waals surface area contributed by atoms with Crippen molar-refractivity contribution in [3.63, 3.8) is 0 Å². The minimum atomic E-state index is -0.761. The fraction of sp³-hybridized carbons (Fsp3) is 0.615. The maximum atomic E-state index is 10.8. The van der Waals surface area contributed by atoms with E-state index in [-0.39, 0.29) is 5.25 Å². The lowest BCUT2D eigenvalue weighted by Gasteiger charge is -2.37. The summed E-state index contributed by atoms with van der Waals surface area (Å²) in [5.41, 5.74) is 0.117. The van der Waals surface area contributed by atoms with E-state index in [1.54, 1.807) is 12.4 Å². The minimum Gasteiger partial charge on any atom is -0.492 e. The van der Waals surface area contributed by atoms with E-state index in [1.807, 2.05) is 24.8 Å². The Labute approximate surface area is 107 Å². The molecule has 2 rings (SSSR count). The average Bonchev–Trinajstić information content (AvgIpc) is 2.34. The van der Waals surface area contributed by atoms with Crippen LogP contribution in [-0.2, 0) is 5.60 Å². The van der Waals surface area contributed by atoms with Crippen LogP contribution in [0.25, 0.3) is 0 Å². The van der Waals surface area contributed by atoms with Crippen LogP contribution in [0.4, 0.5) is 0 Å². The second-order valence-electron chi connectivity index (χ2n) is 4.38.